The number of hydrogen-bond acceptors (Lipinski definition) is 3. The molecule has 0 aliphatic heterocycles. The smallest absolute Gasteiger partial charge is 0.134 e. The van der Waals surface area contributed by atoms with E-state index in [1.165, 1.54) is 6.07 Å². The van der Waals surface area contributed by atoms with Crippen molar-refractivity contribution >= 4 is 12.2 Å². The van der Waals surface area contributed by atoms with Gasteiger partial charge >= 0.3 is 0 Å². The van der Waals surface area contributed by atoms with E-state index in [9.17, 15) is 4.39 Å². The Morgan fingerprint density at radius 3 is 2.84 bits per heavy atom. The third-order valence-electron chi connectivity index (χ3n) is 2.72. The summed E-state index contributed by atoms with van der Waals surface area (Å²) in [6, 6.07) is 6.79. The number of halogens is 1. The number of aromatic nitrogens is 2. The second-order valence-corrected chi connectivity index (χ2v) is 4.60. The molecule has 0 saturated carbocycles. The summed E-state index contributed by atoms with van der Waals surface area (Å²) in [7, 11) is 0. The predicted octanol–water partition coefficient (Wildman–Crippen LogP) is 3.79. The summed E-state index contributed by atoms with van der Waals surface area (Å²) in [6.45, 7) is 4.61. The van der Waals surface area contributed by atoms with Crippen molar-refractivity contribution in [1.82, 2.24) is 9.97 Å². The van der Waals surface area contributed by atoms with Crippen LogP contribution in [-0.2, 0) is 11.3 Å². The van der Waals surface area contributed by atoms with E-state index in [2.05, 4.69) is 9.97 Å². The van der Waals surface area contributed by atoms with E-state index < -0.39 is 0 Å². The van der Waals surface area contributed by atoms with Crippen molar-refractivity contribution < 1.29 is 9.13 Å². The fraction of sp³-hybridized carbons (Fsp3) is 0.286. The average molecular weight is 278 g/mol. The van der Waals surface area contributed by atoms with E-state index in [1.807, 2.05) is 13.0 Å². The number of hydrogen-bond donors (Lipinski definition) is 1. The zero-order valence-electron chi connectivity index (χ0n) is 10.9. The second-order valence-electron chi connectivity index (χ2n) is 4.18. The van der Waals surface area contributed by atoms with Crippen LogP contribution in [-0.4, -0.2) is 16.6 Å². The highest BCUT2D eigenvalue weighted by Gasteiger charge is 2.05. The van der Waals surface area contributed by atoms with Crippen LogP contribution >= 0.6 is 12.2 Å². The van der Waals surface area contributed by atoms with E-state index in [0.717, 1.165) is 11.3 Å². The molecule has 1 aromatic carbocycles. The van der Waals surface area contributed by atoms with Gasteiger partial charge in [0, 0.05) is 17.9 Å². The van der Waals surface area contributed by atoms with Crippen molar-refractivity contribution in [3.05, 3.63) is 46.1 Å². The van der Waals surface area contributed by atoms with E-state index in [-0.39, 0.29) is 5.82 Å². The summed E-state index contributed by atoms with van der Waals surface area (Å²) in [5, 5.41) is 0. The van der Waals surface area contributed by atoms with Crippen LogP contribution in [0.3, 0.4) is 0 Å². The lowest BCUT2D eigenvalue weighted by molar-refractivity contribution is 0.128. The second kappa shape index (κ2) is 6.04. The number of ether oxygens (including phenoxy) is 1. The first-order chi connectivity index (χ1) is 9.10. The van der Waals surface area contributed by atoms with Crippen LogP contribution in [0.25, 0.3) is 11.3 Å². The largest absolute Gasteiger partial charge is 0.374 e. The zero-order chi connectivity index (χ0) is 13.8. The number of aryl methyl sites for hydroxylation is 1. The van der Waals surface area contributed by atoms with Crippen molar-refractivity contribution in [2.24, 2.45) is 0 Å². The van der Waals surface area contributed by atoms with E-state index >= 15 is 0 Å². The van der Waals surface area contributed by atoms with Gasteiger partial charge in [0.05, 0.1) is 0 Å². The Kier molecular flexibility index (Phi) is 4.39. The monoisotopic (exact) mass is 278 g/mol. The minimum absolute atomic E-state index is 0.236. The molecule has 2 aromatic rings. The summed E-state index contributed by atoms with van der Waals surface area (Å²) in [4.78, 5) is 7.29. The van der Waals surface area contributed by atoms with Crippen LogP contribution in [0.15, 0.2) is 24.3 Å². The molecule has 0 unspecified atom stereocenters. The van der Waals surface area contributed by atoms with Crippen LogP contribution in [0.5, 0.6) is 0 Å². The molecule has 100 valence electrons. The lowest BCUT2D eigenvalue weighted by Gasteiger charge is -2.07. The number of aromatic amines is 1. The molecule has 0 amide bonds. The van der Waals surface area contributed by atoms with Gasteiger partial charge in [0.1, 0.15) is 22.9 Å². The average Bonchev–Trinajstić information content (AvgIpc) is 2.39. The van der Waals surface area contributed by atoms with Gasteiger partial charge in [-0.25, -0.2) is 9.37 Å². The molecule has 0 aliphatic carbocycles. The molecule has 0 saturated heterocycles. The molecule has 0 spiro atoms. The molecule has 0 atom stereocenters. The summed E-state index contributed by atoms with van der Waals surface area (Å²) >= 11 is 5.12. The first-order valence-electron chi connectivity index (χ1n) is 6.04. The van der Waals surface area contributed by atoms with E-state index in [4.69, 9.17) is 17.0 Å². The van der Waals surface area contributed by atoms with Gasteiger partial charge in [0.25, 0.3) is 0 Å². The van der Waals surface area contributed by atoms with Crippen LogP contribution < -0.4 is 0 Å². The number of benzene rings is 1. The Morgan fingerprint density at radius 2 is 2.16 bits per heavy atom. The number of H-pyrrole nitrogens is 1. The van der Waals surface area contributed by atoms with Gasteiger partial charge in [-0.05, 0) is 31.5 Å². The first-order valence-corrected chi connectivity index (χ1v) is 6.45. The summed E-state index contributed by atoms with van der Waals surface area (Å²) in [5.74, 6) is 0.408. The van der Waals surface area contributed by atoms with Gasteiger partial charge in [-0.2, -0.15) is 0 Å². The van der Waals surface area contributed by atoms with Gasteiger partial charge in [0.15, 0.2) is 0 Å². The molecule has 1 aromatic heterocycles. The lowest BCUT2D eigenvalue weighted by Crippen LogP contribution is -2.00. The highest BCUT2D eigenvalue weighted by molar-refractivity contribution is 7.71. The number of nitrogens with one attached hydrogen (secondary N) is 1. The van der Waals surface area contributed by atoms with Crippen molar-refractivity contribution in [3.8, 4) is 11.3 Å². The molecule has 0 fully saturated rings. The Bertz CT molecular complexity index is 640. The Balaban J connectivity index is 2.40. The molecule has 2 rings (SSSR count). The molecular weight excluding hydrogens is 263 g/mol. The maximum atomic E-state index is 13.6. The van der Waals surface area contributed by atoms with Crippen molar-refractivity contribution in [2.75, 3.05) is 6.61 Å². The molecule has 1 N–H and O–H groups in total. The summed E-state index contributed by atoms with van der Waals surface area (Å²) in [5.41, 5.74) is 2.11. The highest BCUT2D eigenvalue weighted by atomic mass is 32.1. The topological polar surface area (TPSA) is 37.9 Å². The highest BCUT2D eigenvalue weighted by Crippen LogP contribution is 2.20. The molecule has 3 nitrogen and oxygen atoms in total. The quantitative estimate of drug-likeness (QED) is 0.865. The molecule has 0 radical (unpaired) electrons. The molecule has 1 heterocycles. The van der Waals surface area contributed by atoms with Crippen LogP contribution in [0.2, 0.25) is 0 Å². The van der Waals surface area contributed by atoms with Gasteiger partial charge in [-0.1, -0.05) is 24.4 Å². The molecule has 0 bridgehead atoms. The van der Waals surface area contributed by atoms with Crippen molar-refractivity contribution in [2.45, 2.75) is 20.5 Å². The SMILES string of the molecule is CCOCc1nc(=S)cc(-c2ccc(C)c(F)c2)[nH]1. The number of nitrogens with zero attached hydrogens (tertiary/aromatic N) is 1. The van der Waals surface area contributed by atoms with Crippen molar-refractivity contribution in [1.29, 1.82) is 0 Å². The fourth-order valence-electron chi connectivity index (χ4n) is 1.69. The third kappa shape index (κ3) is 3.45. The predicted molar refractivity (Wildman–Crippen MR) is 74.9 cm³/mol. The minimum atomic E-state index is -0.236. The van der Waals surface area contributed by atoms with Gasteiger partial charge < -0.3 is 9.72 Å². The van der Waals surface area contributed by atoms with Crippen LogP contribution in [0.4, 0.5) is 4.39 Å². The maximum absolute atomic E-state index is 13.6. The fourth-order valence-corrected chi connectivity index (χ4v) is 1.92. The molecule has 0 aliphatic rings. The van der Waals surface area contributed by atoms with Crippen molar-refractivity contribution in [3.63, 3.8) is 0 Å². The van der Waals surface area contributed by atoms with Gasteiger partial charge in [-0.15, -0.1) is 0 Å². The third-order valence-corrected chi connectivity index (χ3v) is 2.93. The van der Waals surface area contributed by atoms with Gasteiger partial charge in [0.2, 0.25) is 0 Å². The molecule has 19 heavy (non-hydrogen) atoms. The molecule has 5 heteroatoms. The maximum Gasteiger partial charge on any atom is 0.134 e. The van der Waals surface area contributed by atoms with E-state index in [0.29, 0.717) is 29.2 Å². The van der Waals surface area contributed by atoms with Gasteiger partial charge in [-0.3, -0.25) is 0 Å². The van der Waals surface area contributed by atoms with E-state index in [1.54, 1.807) is 19.1 Å². The normalized spacial score (nSPS) is 10.7. The lowest BCUT2D eigenvalue weighted by atomic mass is 10.1. The standard InChI is InChI=1S/C14H15FN2OS/c1-3-18-8-13-16-12(7-14(19)17-13)10-5-4-9(2)11(15)6-10/h4-7H,3,8H2,1-2H3,(H,16,17,19). The summed E-state index contributed by atoms with van der Waals surface area (Å²) in [6.07, 6.45) is 0. The molecular formula is C14H15FN2OS. The Morgan fingerprint density at radius 1 is 1.37 bits per heavy atom. The van der Waals surface area contributed by atoms with Crippen LogP contribution in [0, 0.1) is 17.4 Å². The number of rotatable bonds is 4. The Labute approximate surface area is 116 Å². The van der Waals surface area contributed by atoms with Crippen LogP contribution in [0.1, 0.15) is 18.3 Å². The Hall–Kier alpha value is -1.59. The zero-order valence-corrected chi connectivity index (χ0v) is 11.7. The minimum Gasteiger partial charge on any atom is -0.374 e. The first kappa shape index (κ1) is 13.8. The summed E-state index contributed by atoms with van der Waals surface area (Å²) < 4.78 is 19.3.